The summed E-state index contributed by atoms with van der Waals surface area (Å²) in [5.41, 5.74) is 1.51. The lowest BCUT2D eigenvalue weighted by atomic mass is 10.2. The Hall–Kier alpha value is -1.86. The molecule has 11 heteroatoms. The van der Waals surface area contributed by atoms with Crippen LogP contribution in [-0.2, 0) is 22.3 Å². The predicted octanol–water partition coefficient (Wildman–Crippen LogP) is 2.55. The van der Waals surface area contributed by atoms with Crippen LogP contribution in [0, 0.1) is 5.92 Å². The quantitative estimate of drug-likeness (QED) is 0.293. The molecule has 1 N–H and O–H groups in total. The van der Waals surface area contributed by atoms with Crippen molar-refractivity contribution in [3.63, 3.8) is 0 Å². The van der Waals surface area contributed by atoms with E-state index in [0.717, 1.165) is 17.3 Å². The smallest absolute Gasteiger partial charge is 0.220 e. The largest absolute Gasteiger partial charge is 0.493 e. The maximum Gasteiger partial charge on any atom is 0.220 e. The van der Waals surface area contributed by atoms with Crippen LogP contribution in [0.5, 0.6) is 5.75 Å². The van der Waals surface area contributed by atoms with E-state index in [1.165, 1.54) is 10.6 Å². The van der Waals surface area contributed by atoms with Crippen molar-refractivity contribution in [3.8, 4) is 5.75 Å². The highest BCUT2D eigenvalue weighted by Crippen LogP contribution is 2.15. The zero-order valence-corrected chi connectivity index (χ0v) is 21.9. The molecule has 1 aliphatic rings. The van der Waals surface area contributed by atoms with Gasteiger partial charge in [0.15, 0.2) is 5.96 Å². The summed E-state index contributed by atoms with van der Waals surface area (Å²) < 4.78 is 37.2. The molecule has 1 aromatic heterocycles. The molecule has 0 saturated carbocycles. The van der Waals surface area contributed by atoms with Crippen LogP contribution in [0.2, 0.25) is 0 Å². The van der Waals surface area contributed by atoms with E-state index in [1.807, 2.05) is 24.3 Å². The van der Waals surface area contributed by atoms with Crippen molar-refractivity contribution >= 4 is 40.0 Å². The van der Waals surface area contributed by atoms with Gasteiger partial charge in [-0.1, -0.05) is 31.1 Å². The summed E-state index contributed by atoms with van der Waals surface area (Å²) in [5.74, 6) is 1.93. The first-order valence-electron chi connectivity index (χ1n) is 10.4. The van der Waals surface area contributed by atoms with Crippen molar-refractivity contribution in [2.45, 2.75) is 26.1 Å². The number of nitrogens with one attached hydrogen (secondary N) is 1. The monoisotopic (exact) mass is 577 g/mol. The Morgan fingerprint density at radius 2 is 2.00 bits per heavy atom. The molecule has 3 rings (SSSR count). The number of nitrogens with zero attached hydrogens (tertiary/aromatic N) is 4. The molecule has 2 heterocycles. The van der Waals surface area contributed by atoms with Gasteiger partial charge in [0.2, 0.25) is 10.0 Å². The van der Waals surface area contributed by atoms with Gasteiger partial charge in [-0.15, -0.1) is 24.0 Å². The zero-order chi connectivity index (χ0) is 22.3. The Bertz CT molecular complexity index is 958. The van der Waals surface area contributed by atoms with Gasteiger partial charge in [0.25, 0.3) is 0 Å². The number of aromatic nitrogens is 1. The number of ether oxygens (including phenoxy) is 1. The second-order valence-electron chi connectivity index (χ2n) is 7.89. The minimum atomic E-state index is -3.42. The van der Waals surface area contributed by atoms with Crippen molar-refractivity contribution in [3.05, 3.63) is 47.9 Å². The minimum Gasteiger partial charge on any atom is -0.493 e. The van der Waals surface area contributed by atoms with Gasteiger partial charge >= 0.3 is 0 Å². The van der Waals surface area contributed by atoms with E-state index in [9.17, 15) is 8.42 Å². The fourth-order valence-corrected chi connectivity index (χ4v) is 4.71. The van der Waals surface area contributed by atoms with Crippen LogP contribution in [0.4, 0.5) is 0 Å². The zero-order valence-electron chi connectivity index (χ0n) is 18.7. The molecule has 32 heavy (non-hydrogen) atoms. The van der Waals surface area contributed by atoms with Crippen LogP contribution >= 0.6 is 24.0 Å². The number of aliphatic imine (C=N–C) groups is 1. The van der Waals surface area contributed by atoms with Crippen LogP contribution < -0.4 is 10.1 Å². The summed E-state index contributed by atoms with van der Waals surface area (Å²) in [6, 6.07) is 9.57. The van der Waals surface area contributed by atoms with Crippen molar-refractivity contribution in [1.29, 1.82) is 0 Å². The Morgan fingerprint density at radius 1 is 1.25 bits per heavy atom. The molecule has 0 spiro atoms. The van der Waals surface area contributed by atoms with Gasteiger partial charge in [0.1, 0.15) is 17.8 Å². The topological polar surface area (TPSA) is 100 Å². The molecule has 0 bridgehead atoms. The summed E-state index contributed by atoms with van der Waals surface area (Å²) >= 11 is 0. The Kier molecular flexibility index (Phi) is 10.2. The Balaban J connectivity index is 0.00000363. The third kappa shape index (κ3) is 7.62. The highest BCUT2D eigenvalue weighted by atomic mass is 127. The summed E-state index contributed by atoms with van der Waals surface area (Å²) in [4.78, 5) is 6.44. The van der Waals surface area contributed by atoms with E-state index >= 15 is 0 Å². The molecular weight excluding hydrogens is 545 g/mol. The van der Waals surface area contributed by atoms with Gasteiger partial charge in [-0.05, 0) is 23.6 Å². The third-order valence-corrected chi connectivity index (χ3v) is 6.71. The lowest BCUT2D eigenvalue weighted by Gasteiger charge is -2.35. The van der Waals surface area contributed by atoms with E-state index in [2.05, 4.69) is 34.2 Å². The van der Waals surface area contributed by atoms with E-state index in [-0.39, 0.29) is 29.7 Å². The molecule has 0 amide bonds. The number of rotatable bonds is 8. The lowest BCUT2D eigenvalue weighted by molar-refractivity contribution is 0.259. The number of hydrogen-bond donors (Lipinski definition) is 1. The van der Waals surface area contributed by atoms with E-state index in [1.54, 1.807) is 13.1 Å². The van der Waals surface area contributed by atoms with Crippen LogP contribution in [0.25, 0.3) is 0 Å². The standard InChI is InChI=1S/C21H31N5O4S.HI/c1-17(2)15-29-20-6-4-5-18(13-20)14-23-21(22-3)25-8-10-26(11-9-25)31(27,28)16-19-7-12-30-24-19;/h4-7,12-13,17H,8-11,14-16H2,1-3H3,(H,22,23);1H. The summed E-state index contributed by atoms with van der Waals surface area (Å²) in [5, 5.41) is 7.07. The molecule has 0 atom stereocenters. The molecule has 1 saturated heterocycles. The number of sulfonamides is 1. The van der Waals surface area contributed by atoms with Crippen molar-refractivity contribution in [1.82, 2.24) is 19.7 Å². The van der Waals surface area contributed by atoms with Crippen molar-refractivity contribution < 1.29 is 17.7 Å². The number of piperazine rings is 1. The molecule has 1 aliphatic heterocycles. The van der Waals surface area contributed by atoms with E-state index in [0.29, 0.717) is 50.9 Å². The Labute approximate surface area is 207 Å². The molecule has 178 valence electrons. The highest BCUT2D eigenvalue weighted by molar-refractivity contribution is 14.0. The molecule has 9 nitrogen and oxygen atoms in total. The van der Waals surface area contributed by atoms with Crippen LogP contribution in [0.3, 0.4) is 0 Å². The number of benzene rings is 1. The molecular formula is C21H32IN5O4S. The third-order valence-electron chi connectivity index (χ3n) is 4.90. The molecule has 0 unspecified atom stereocenters. The highest BCUT2D eigenvalue weighted by Gasteiger charge is 2.28. The minimum absolute atomic E-state index is 0. The fourth-order valence-electron chi connectivity index (χ4n) is 3.29. The van der Waals surface area contributed by atoms with E-state index < -0.39 is 10.0 Å². The Morgan fingerprint density at radius 3 is 2.62 bits per heavy atom. The van der Waals surface area contributed by atoms with Crippen molar-refractivity contribution in [2.24, 2.45) is 10.9 Å². The second-order valence-corrected chi connectivity index (χ2v) is 9.86. The summed E-state index contributed by atoms with van der Waals surface area (Å²) in [6.07, 6.45) is 1.38. The number of halogens is 1. The SMILES string of the molecule is CN=C(NCc1cccc(OCC(C)C)c1)N1CCN(S(=O)(=O)Cc2ccon2)CC1.I. The van der Waals surface area contributed by atoms with Crippen molar-refractivity contribution in [2.75, 3.05) is 39.8 Å². The normalized spacial score (nSPS) is 15.5. The molecule has 0 radical (unpaired) electrons. The average molecular weight is 577 g/mol. The maximum absolute atomic E-state index is 12.6. The lowest BCUT2D eigenvalue weighted by Crippen LogP contribution is -2.53. The summed E-state index contributed by atoms with van der Waals surface area (Å²) in [7, 11) is -1.69. The molecule has 1 aromatic carbocycles. The molecule has 1 fully saturated rings. The fraction of sp³-hybridized carbons (Fsp3) is 0.524. The number of hydrogen-bond acceptors (Lipinski definition) is 6. The first kappa shape index (κ1) is 26.4. The van der Waals surface area contributed by atoms with Gasteiger partial charge in [-0.2, -0.15) is 4.31 Å². The average Bonchev–Trinajstić information content (AvgIpc) is 3.26. The summed E-state index contributed by atoms with van der Waals surface area (Å²) in [6.45, 7) is 7.46. The maximum atomic E-state index is 12.6. The van der Waals surface area contributed by atoms with Gasteiger partial charge in [-0.3, -0.25) is 4.99 Å². The second kappa shape index (κ2) is 12.4. The first-order chi connectivity index (χ1) is 14.9. The van der Waals surface area contributed by atoms with Gasteiger partial charge < -0.3 is 19.5 Å². The van der Waals surface area contributed by atoms with Crippen LogP contribution in [0.1, 0.15) is 25.1 Å². The van der Waals surface area contributed by atoms with Crippen LogP contribution in [0.15, 0.2) is 46.1 Å². The van der Waals surface area contributed by atoms with Crippen LogP contribution in [-0.4, -0.2) is 68.6 Å². The van der Waals surface area contributed by atoms with Gasteiger partial charge in [0.05, 0.1) is 12.3 Å². The van der Waals surface area contributed by atoms with Gasteiger partial charge in [-0.25, -0.2) is 8.42 Å². The number of guanidine groups is 1. The van der Waals surface area contributed by atoms with Gasteiger partial charge in [0, 0.05) is 45.8 Å². The molecule has 0 aliphatic carbocycles. The first-order valence-corrected chi connectivity index (χ1v) is 12.0. The van der Waals surface area contributed by atoms with E-state index in [4.69, 9.17) is 9.26 Å². The molecule has 2 aromatic rings. The predicted molar refractivity (Wildman–Crippen MR) is 135 cm³/mol.